The second kappa shape index (κ2) is 5.64. The van der Waals surface area contributed by atoms with Gasteiger partial charge in [0.15, 0.2) is 5.78 Å². The fourth-order valence-electron chi connectivity index (χ4n) is 7.38. The second-order valence-corrected chi connectivity index (χ2v) is 10.4. The first kappa shape index (κ1) is 16.9. The van der Waals surface area contributed by atoms with Crippen LogP contribution in [0.15, 0.2) is 17.0 Å². The van der Waals surface area contributed by atoms with Crippen molar-refractivity contribution in [1.82, 2.24) is 0 Å². The number of hydrogen-bond acceptors (Lipinski definition) is 3. The average molecular weight is 369 g/mol. The summed E-state index contributed by atoms with van der Waals surface area (Å²) < 4.78 is 0. The Morgan fingerprint density at radius 2 is 1.85 bits per heavy atom. The third kappa shape index (κ3) is 2.16. The van der Waals surface area contributed by atoms with Crippen LogP contribution < -0.4 is 0 Å². The molecule has 0 saturated heterocycles. The number of fused-ring (bicyclic) bond motifs is 4. The first-order valence-corrected chi connectivity index (χ1v) is 11.1. The highest BCUT2D eigenvalue weighted by Crippen LogP contribution is 2.73. The van der Waals surface area contributed by atoms with E-state index in [4.69, 9.17) is 0 Å². The van der Waals surface area contributed by atoms with Gasteiger partial charge in [0.25, 0.3) is 0 Å². The topological polar surface area (TPSA) is 34.1 Å². The number of rotatable bonds is 2. The summed E-state index contributed by atoms with van der Waals surface area (Å²) in [5.41, 5.74) is 3.90. The largest absolute Gasteiger partial charge is 0.299 e. The molecule has 0 amide bonds. The highest BCUT2D eigenvalue weighted by atomic mass is 32.1. The molecule has 0 N–H and O–H groups in total. The Kier molecular flexibility index (Phi) is 3.67. The quantitative estimate of drug-likeness (QED) is 0.678. The van der Waals surface area contributed by atoms with Crippen LogP contribution in [0.4, 0.5) is 0 Å². The summed E-state index contributed by atoms with van der Waals surface area (Å²) in [7, 11) is 0. The normalized spacial score (nSPS) is 43.4. The zero-order valence-electron chi connectivity index (χ0n) is 16.0. The fourth-order valence-corrected chi connectivity index (χ4v) is 8.39. The Labute approximate surface area is 160 Å². The zero-order chi connectivity index (χ0) is 18.2. The van der Waals surface area contributed by atoms with Gasteiger partial charge in [-0.25, -0.2) is 0 Å². The van der Waals surface area contributed by atoms with Crippen molar-refractivity contribution in [2.24, 2.45) is 29.1 Å². The molecule has 4 aliphatic carbocycles. The van der Waals surface area contributed by atoms with Crippen LogP contribution in [-0.2, 0) is 9.59 Å². The van der Waals surface area contributed by atoms with Crippen molar-refractivity contribution in [1.29, 1.82) is 0 Å². The lowest BCUT2D eigenvalue weighted by Gasteiger charge is -2.49. The molecule has 1 heterocycles. The predicted molar refractivity (Wildman–Crippen MR) is 105 cm³/mol. The first-order chi connectivity index (χ1) is 12.4. The van der Waals surface area contributed by atoms with E-state index in [0.717, 1.165) is 29.4 Å². The molecule has 6 unspecified atom stereocenters. The maximum absolute atomic E-state index is 12.6. The average Bonchev–Trinajstić information content (AvgIpc) is 3.22. The standard InChI is InChI=1S/C23H28O2S/c1-12-21(14(3)25)20(13(2)24)7-15-6-17-9-18-8-16(11-23(17,18)10-15)19-4-5-26-22(12)19/h4-5,15-18,20H,6-11H2,1-3H3/b21-12-. The van der Waals surface area contributed by atoms with E-state index in [1.54, 1.807) is 25.2 Å². The van der Waals surface area contributed by atoms with Gasteiger partial charge in [-0.2, -0.15) is 0 Å². The minimum Gasteiger partial charge on any atom is -0.299 e. The molecular weight excluding hydrogens is 340 g/mol. The van der Waals surface area contributed by atoms with Crippen molar-refractivity contribution < 1.29 is 9.59 Å². The van der Waals surface area contributed by atoms with Gasteiger partial charge in [-0.15, -0.1) is 11.3 Å². The number of hydrogen-bond donors (Lipinski definition) is 0. The predicted octanol–water partition coefficient (Wildman–Crippen LogP) is 5.63. The fraction of sp³-hybridized carbons (Fsp3) is 0.652. The monoisotopic (exact) mass is 368 g/mol. The lowest BCUT2D eigenvalue weighted by Crippen LogP contribution is -2.41. The van der Waals surface area contributed by atoms with Crippen molar-refractivity contribution >= 4 is 28.5 Å². The highest BCUT2D eigenvalue weighted by Gasteiger charge is 2.63. The van der Waals surface area contributed by atoms with Crippen molar-refractivity contribution in [2.45, 2.75) is 65.2 Å². The maximum atomic E-state index is 12.6. The molecule has 6 atom stereocenters. The Morgan fingerprint density at radius 1 is 1.08 bits per heavy atom. The van der Waals surface area contributed by atoms with Gasteiger partial charge < -0.3 is 0 Å². The van der Waals surface area contributed by atoms with Crippen LogP contribution in [0.3, 0.4) is 0 Å². The lowest BCUT2D eigenvalue weighted by molar-refractivity contribution is -0.122. The molecule has 138 valence electrons. The summed E-state index contributed by atoms with van der Waals surface area (Å²) in [5.74, 6) is 3.10. The van der Waals surface area contributed by atoms with Gasteiger partial charge in [0.05, 0.1) is 0 Å². The molecule has 0 aliphatic heterocycles. The van der Waals surface area contributed by atoms with E-state index in [1.807, 2.05) is 0 Å². The molecule has 1 aromatic heterocycles. The van der Waals surface area contributed by atoms with Gasteiger partial charge in [0, 0.05) is 16.4 Å². The minimum absolute atomic E-state index is 0.0865. The SMILES string of the molecule is CC(=O)/C1=C(\C)c2sccc2C2CC3CC4CC(CC1C(C)=O)CC43C2. The zero-order valence-corrected chi connectivity index (χ0v) is 16.8. The van der Waals surface area contributed by atoms with Crippen molar-refractivity contribution in [3.63, 3.8) is 0 Å². The van der Waals surface area contributed by atoms with Crippen molar-refractivity contribution in [2.75, 3.05) is 0 Å². The Morgan fingerprint density at radius 3 is 2.58 bits per heavy atom. The molecular formula is C23H28O2S. The van der Waals surface area contributed by atoms with Crippen molar-refractivity contribution in [3.05, 3.63) is 27.5 Å². The molecule has 0 radical (unpaired) electrons. The van der Waals surface area contributed by atoms with Crippen LogP contribution >= 0.6 is 11.3 Å². The molecule has 3 saturated carbocycles. The van der Waals surface area contributed by atoms with Crippen LogP contribution in [0.2, 0.25) is 0 Å². The number of carbonyl (C=O) groups is 2. The third-order valence-electron chi connectivity index (χ3n) is 8.34. The number of carbonyl (C=O) groups excluding carboxylic acids is 2. The van der Waals surface area contributed by atoms with E-state index < -0.39 is 0 Å². The first-order valence-electron chi connectivity index (χ1n) is 10.2. The highest BCUT2D eigenvalue weighted by molar-refractivity contribution is 7.11. The number of ketones is 2. The molecule has 3 heteroatoms. The maximum Gasteiger partial charge on any atom is 0.156 e. The summed E-state index contributed by atoms with van der Waals surface area (Å²) >= 11 is 1.76. The van der Waals surface area contributed by atoms with Gasteiger partial charge in [-0.05, 0) is 111 Å². The molecule has 0 aromatic carbocycles. The van der Waals surface area contributed by atoms with E-state index >= 15 is 0 Å². The third-order valence-corrected chi connectivity index (χ3v) is 9.39. The Hall–Kier alpha value is -1.22. The van der Waals surface area contributed by atoms with Gasteiger partial charge in [-0.3, -0.25) is 9.59 Å². The second-order valence-electron chi connectivity index (χ2n) is 9.50. The molecule has 2 nitrogen and oxygen atoms in total. The van der Waals surface area contributed by atoms with E-state index in [2.05, 4.69) is 18.4 Å². The summed E-state index contributed by atoms with van der Waals surface area (Å²) in [6.45, 7) is 5.43. The number of thiophene rings is 1. The van der Waals surface area contributed by atoms with Crippen LogP contribution in [0.1, 0.15) is 75.7 Å². The van der Waals surface area contributed by atoms with Gasteiger partial charge in [0.1, 0.15) is 5.78 Å². The summed E-state index contributed by atoms with van der Waals surface area (Å²) in [6.07, 6.45) is 7.56. The van der Waals surface area contributed by atoms with E-state index in [9.17, 15) is 9.59 Å². The van der Waals surface area contributed by atoms with Crippen molar-refractivity contribution in [3.8, 4) is 0 Å². The lowest BCUT2D eigenvalue weighted by atomic mass is 9.56. The molecule has 3 bridgehead atoms. The minimum atomic E-state index is -0.212. The van der Waals surface area contributed by atoms with E-state index in [1.165, 1.54) is 42.5 Å². The smallest absolute Gasteiger partial charge is 0.156 e. The van der Waals surface area contributed by atoms with Crippen LogP contribution in [-0.4, -0.2) is 11.6 Å². The Bertz CT molecular complexity index is 831. The van der Waals surface area contributed by atoms with E-state index in [0.29, 0.717) is 17.3 Å². The van der Waals surface area contributed by atoms with Gasteiger partial charge in [0.2, 0.25) is 0 Å². The summed E-state index contributed by atoms with van der Waals surface area (Å²) in [4.78, 5) is 26.5. The summed E-state index contributed by atoms with van der Waals surface area (Å²) in [6, 6.07) is 2.30. The van der Waals surface area contributed by atoms with Crippen LogP contribution in [0, 0.1) is 29.1 Å². The molecule has 1 aromatic rings. The summed E-state index contributed by atoms with van der Waals surface area (Å²) in [5, 5.41) is 2.19. The van der Waals surface area contributed by atoms with Crippen LogP contribution in [0.5, 0.6) is 0 Å². The molecule has 3 fully saturated rings. The van der Waals surface area contributed by atoms with Crippen LogP contribution in [0.25, 0.3) is 5.57 Å². The Balaban J connectivity index is 1.70. The number of Topliss-reactive ketones (excluding diaryl/α,β-unsaturated/α-hetero) is 2. The number of allylic oxidation sites excluding steroid dienone is 2. The molecule has 1 spiro atoms. The van der Waals surface area contributed by atoms with Gasteiger partial charge in [-0.1, -0.05) is 0 Å². The molecule has 5 rings (SSSR count). The van der Waals surface area contributed by atoms with Gasteiger partial charge >= 0.3 is 0 Å². The van der Waals surface area contributed by atoms with E-state index in [-0.39, 0.29) is 17.5 Å². The molecule has 4 aliphatic rings. The molecule has 26 heavy (non-hydrogen) atoms.